The number of amides is 1. The summed E-state index contributed by atoms with van der Waals surface area (Å²) >= 11 is 0. The number of carbonyl (C=O) groups excluding carboxylic acids is 2. The SMILES string of the molecule is C=C(C)CN(CC=O)C(=O)OC. The predicted octanol–water partition coefficient (Wildman–Crippen LogP) is 0.830. The molecule has 4 heteroatoms. The van der Waals surface area contributed by atoms with Crippen molar-refractivity contribution in [2.75, 3.05) is 20.2 Å². The highest BCUT2D eigenvalue weighted by Crippen LogP contribution is 1.96. The number of methoxy groups -OCH3 is 1. The number of hydrogen-bond donors (Lipinski definition) is 0. The number of hydrogen-bond acceptors (Lipinski definition) is 3. The van der Waals surface area contributed by atoms with Gasteiger partial charge in [-0.2, -0.15) is 0 Å². The maximum atomic E-state index is 10.9. The molecule has 4 nitrogen and oxygen atoms in total. The van der Waals surface area contributed by atoms with E-state index in [4.69, 9.17) is 0 Å². The third-order valence-electron chi connectivity index (χ3n) is 1.19. The van der Waals surface area contributed by atoms with Gasteiger partial charge in [0, 0.05) is 6.54 Å². The molecule has 0 saturated carbocycles. The third kappa shape index (κ3) is 3.75. The smallest absolute Gasteiger partial charge is 0.410 e. The van der Waals surface area contributed by atoms with Crippen LogP contribution in [0.1, 0.15) is 6.92 Å². The van der Waals surface area contributed by atoms with Gasteiger partial charge in [0.1, 0.15) is 6.29 Å². The van der Waals surface area contributed by atoms with Gasteiger partial charge in [0.25, 0.3) is 0 Å². The van der Waals surface area contributed by atoms with Crippen molar-refractivity contribution in [2.24, 2.45) is 0 Å². The molecular formula is C8H13NO3. The zero-order valence-electron chi connectivity index (χ0n) is 7.37. The van der Waals surface area contributed by atoms with Crippen LogP contribution >= 0.6 is 0 Å². The first-order valence-electron chi connectivity index (χ1n) is 3.52. The average molecular weight is 171 g/mol. The second-order valence-corrected chi connectivity index (χ2v) is 2.47. The first kappa shape index (κ1) is 10.7. The highest BCUT2D eigenvalue weighted by Gasteiger charge is 2.11. The first-order chi connectivity index (χ1) is 5.61. The van der Waals surface area contributed by atoms with E-state index in [1.54, 1.807) is 6.92 Å². The Balaban J connectivity index is 4.11. The monoisotopic (exact) mass is 171 g/mol. The van der Waals surface area contributed by atoms with Crippen molar-refractivity contribution in [3.8, 4) is 0 Å². The Morgan fingerprint density at radius 3 is 2.58 bits per heavy atom. The summed E-state index contributed by atoms with van der Waals surface area (Å²) in [6, 6.07) is 0. The summed E-state index contributed by atoms with van der Waals surface area (Å²) < 4.78 is 4.45. The topological polar surface area (TPSA) is 46.6 Å². The number of carbonyl (C=O) groups is 2. The van der Waals surface area contributed by atoms with E-state index in [9.17, 15) is 9.59 Å². The number of aldehydes is 1. The molecule has 0 spiro atoms. The van der Waals surface area contributed by atoms with E-state index in [0.29, 0.717) is 12.8 Å². The van der Waals surface area contributed by atoms with E-state index < -0.39 is 6.09 Å². The molecule has 0 aliphatic rings. The lowest BCUT2D eigenvalue weighted by Gasteiger charge is -2.17. The molecule has 0 bridgehead atoms. The molecule has 0 aromatic heterocycles. The normalized spacial score (nSPS) is 8.83. The fourth-order valence-electron chi connectivity index (χ4n) is 0.749. The molecule has 0 N–H and O–H groups in total. The fourth-order valence-corrected chi connectivity index (χ4v) is 0.749. The molecule has 0 atom stereocenters. The molecule has 0 unspecified atom stereocenters. The Hall–Kier alpha value is -1.32. The van der Waals surface area contributed by atoms with E-state index in [1.165, 1.54) is 12.0 Å². The van der Waals surface area contributed by atoms with E-state index in [0.717, 1.165) is 5.57 Å². The lowest BCUT2D eigenvalue weighted by molar-refractivity contribution is -0.108. The second kappa shape index (κ2) is 5.35. The quantitative estimate of drug-likeness (QED) is 0.465. The minimum Gasteiger partial charge on any atom is -0.453 e. The van der Waals surface area contributed by atoms with Gasteiger partial charge in [-0.1, -0.05) is 12.2 Å². The van der Waals surface area contributed by atoms with E-state index in [1.807, 2.05) is 0 Å². The molecule has 0 aromatic rings. The van der Waals surface area contributed by atoms with Crippen molar-refractivity contribution in [3.05, 3.63) is 12.2 Å². The van der Waals surface area contributed by atoms with Crippen LogP contribution in [-0.2, 0) is 9.53 Å². The highest BCUT2D eigenvalue weighted by molar-refractivity contribution is 5.71. The van der Waals surface area contributed by atoms with Gasteiger partial charge in [-0.3, -0.25) is 4.90 Å². The molecule has 1 amide bonds. The highest BCUT2D eigenvalue weighted by atomic mass is 16.5. The van der Waals surface area contributed by atoms with Crippen LogP contribution in [-0.4, -0.2) is 37.5 Å². The average Bonchev–Trinajstić information content (AvgIpc) is 2.01. The molecule has 0 heterocycles. The van der Waals surface area contributed by atoms with Crippen LogP contribution in [0.3, 0.4) is 0 Å². The Morgan fingerprint density at radius 1 is 1.67 bits per heavy atom. The lowest BCUT2D eigenvalue weighted by Crippen LogP contribution is -2.33. The van der Waals surface area contributed by atoms with Gasteiger partial charge in [0.2, 0.25) is 0 Å². The molecule has 68 valence electrons. The van der Waals surface area contributed by atoms with Crippen molar-refractivity contribution in [2.45, 2.75) is 6.92 Å². The summed E-state index contributed by atoms with van der Waals surface area (Å²) in [5, 5.41) is 0. The molecule has 0 saturated heterocycles. The summed E-state index contributed by atoms with van der Waals surface area (Å²) in [5.74, 6) is 0. The molecule has 0 aromatic carbocycles. The zero-order valence-corrected chi connectivity index (χ0v) is 7.37. The molecular weight excluding hydrogens is 158 g/mol. The van der Waals surface area contributed by atoms with Gasteiger partial charge in [0.15, 0.2) is 0 Å². The zero-order chi connectivity index (χ0) is 9.56. The van der Waals surface area contributed by atoms with Gasteiger partial charge < -0.3 is 9.53 Å². The van der Waals surface area contributed by atoms with Crippen LogP contribution in [0, 0.1) is 0 Å². The Morgan fingerprint density at radius 2 is 2.25 bits per heavy atom. The minimum atomic E-state index is -0.509. The third-order valence-corrected chi connectivity index (χ3v) is 1.19. The van der Waals surface area contributed by atoms with Gasteiger partial charge in [-0.15, -0.1) is 0 Å². The number of rotatable bonds is 4. The largest absolute Gasteiger partial charge is 0.453 e. The summed E-state index contributed by atoms with van der Waals surface area (Å²) in [6.45, 7) is 5.80. The summed E-state index contributed by atoms with van der Waals surface area (Å²) in [6.07, 6.45) is 0.143. The van der Waals surface area contributed by atoms with Gasteiger partial charge in [0.05, 0.1) is 13.7 Å². The van der Waals surface area contributed by atoms with E-state index in [-0.39, 0.29) is 6.54 Å². The van der Waals surface area contributed by atoms with Crippen LogP contribution in [0.25, 0.3) is 0 Å². The molecule has 0 radical (unpaired) electrons. The van der Waals surface area contributed by atoms with Crippen molar-refractivity contribution in [3.63, 3.8) is 0 Å². The summed E-state index contributed by atoms with van der Waals surface area (Å²) in [4.78, 5) is 22.4. The lowest BCUT2D eigenvalue weighted by atomic mass is 10.3. The van der Waals surface area contributed by atoms with Crippen molar-refractivity contribution >= 4 is 12.4 Å². The summed E-state index contributed by atoms with van der Waals surface area (Å²) in [5.41, 5.74) is 0.808. The number of nitrogens with zero attached hydrogens (tertiary/aromatic N) is 1. The van der Waals surface area contributed by atoms with E-state index in [2.05, 4.69) is 11.3 Å². The molecule has 0 aliphatic carbocycles. The maximum absolute atomic E-state index is 10.9. The Labute approximate surface area is 71.8 Å². The van der Waals surface area contributed by atoms with Crippen LogP contribution in [0.15, 0.2) is 12.2 Å². The molecule has 0 rings (SSSR count). The molecule has 0 fully saturated rings. The second-order valence-electron chi connectivity index (χ2n) is 2.47. The van der Waals surface area contributed by atoms with Crippen molar-refractivity contribution in [1.82, 2.24) is 4.90 Å². The standard InChI is InChI=1S/C8H13NO3/c1-7(2)6-9(4-5-10)8(11)12-3/h5H,1,4,6H2,2-3H3. The van der Waals surface area contributed by atoms with Crippen LogP contribution in [0.5, 0.6) is 0 Å². The fraction of sp³-hybridized carbons (Fsp3) is 0.500. The Kier molecular flexibility index (Phi) is 4.76. The van der Waals surface area contributed by atoms with E-state index >= 15 is 0 Å². The van der Waals surface area contributed by atoms with Crippen molar-refractivity contribution in [1.29, 1.82) is 0 Å². The van der Waals surface area contributed by atoms with Crippen LogP contribution in [0.2, 0.25) is 0 Å². The van der Waals surface area contributed by atoms with Crippen LogP contribution < -0.4 is 0 Å². The molecule has 0 aliphatic heterocycles. The Bertz CT molecular complexity index is 189. The summed E-state index contributed by atoms with van der Waals surface area (Å²) in [7, 11) is 1.28. The minimum absolute atomic E-state index is 0.0412. The predicted molar refractivity (Wildman–Crippen MR) is 44.9 cm³/mol. The van der Waals surface area contributed by atoms with Crippen LogP contribution in [0.4, 0.5) is 4.79 Å². The van der Waals surface area contributed by atoms with Gasteiger partial charge in [-0.05, 0) is 6.92 Å². The van der Waals surface area contributed by atoms with Gasteiger partial charge in [-0.25, -0.2) is 4.79 Å². The number of ether oxygens (including phenoxy) is 1. The first-order valence-corrected chi connectivity index (χ1v) is 3.52. The van der Waals surface area contributed by atoms with Crippen molar-refractivity contribution < 1.29 is 14.3 Å². The van der Waals surface area contributed by atoms with Gasteiger partial charge >= 0.3 is 6.09 Å². The molecule has 12 heavy (non-hydrogen) atoms. The maximum Gasteiger partial charge on any atom is 0.410 e.